The molecule has 0 radical (unpaired) electrons. The van der Waals surface area contributed by atoms with E-state index in [2.05, 4.69) is 29.6 Å². The number of benzene rings is 2. The second kappa shape index (κ2) is 5.43. The fourth-order valence-corrected chi connectivity index (χ4v) is 2.28. The summed E-state index contributed by atoms with van der Waals surface area (Å²) < 4.78 is 5.22. The molecule has 0 aliphatic carbocycles. The van der Waals surface area contributed by atoms with Crippen molar-refractivity contribution in [2.75, 3.05) is 18.5 Å². The van der Waals surface area contributed by atoms with E-state index in [4.69, 9.17) is 4.74 Å². The van der Waals surface area contributed by atoms with Crippen molar-refractivity contribution < 1.29 is 9.84 Å². The van der Waals surface area contributed by atoms with Gasteiger partial charge in [-0.15, -0.1) is 0 Å². The maximum absolute atomic E-state index is 9.70. The Labute approximate surface area is 112 Å². The van der Waals surface area contributed by atoms with Gasteiger partial charge in [0, 0.05) is 5.69 Å². The molecule has 1 saturated heterocycles. The summed E-state index contributed by atoms with van der Waals surface area (Å²) in [6.07, 6.45) is -0.422. The van der Waals surface area contributed by atoms with Gasteiger partial charge in [0.2, 0.25) is 0 Å². The third kappa shape index (κ3) is 2.78. The van der Waals surface area contributed by atoms with E-state index >= 15 is 0 Å². The highest BCUT2D eigenvalue weighted by Crippen LogP contribution is 2.22. The van der Waals surface area contributed by atoms with Crippen LogP contribution in [0.4, 0.5) is 5.69 Å². The van der Waals surface area contributed by atoms with Gasteiger partial charge in [-0.05, 0) is 23.3 Å². The van der Waals surface area contributed by atoms with Gasteiger partial charge in [0.1, 0.15) is 0 Å². The largest absolute Gasteiger partial charge is 0.388 e. The van der Waals surface area contributed by atoms with Crippen LogP contribution in [-0.4, -0.2) is 30.5 Å². The summed E-state index contributed by atoms with van der Waals surface area (Å²) in [6.45, 7) is 0.974. The zero-order valence-electron chi connectivity index (χ0n) is 10.6. The fraction of sp³-hybridized carbons (Fsp3) is 0.250. The molecule has 2 unspecified atom stereocenters. The number of aliphatic hydroxyl groups is 1. The molecule has 1 heterocycles. The van der Waals surface area contributed by atoms with Crippen molar-refractivity contribution in [3.63, 3.8) is 0 Å². The van der Waals surface area contributed by atoms with E-state index in [-0.39, 0.29) is 6.04 Å². The quantitative estimate of drug-likeness (QED) is 0.885. The zero-order chi connectivity index (χ0) is 13.1. The molecule has 2 N–H and O–H groups in total. The number of ether oxygens (including phenoxy) is 1. The van der Waals surface area contributed by atoms with E-state index in [0.29, 0.717) is 13.2 Å². The Balaban J connectivity index is 1.72. The lowest BCUT2D eigenvalue weighted by molar-refractivity contribution is 0.125. The summed E-state index contributed by atoms with van der Waals surface area (Å²) in [4.78, 5) is 0. The number of aliphatic hydroxyl groups excluding tert-OH is 1. The van der Waals surface area contributed by atoms with Gasteiger partial charge in [0.05, 0.1) is 25.4 Å². The van der Waals surface area contributed by atoms with Gasteiger partial charge in [-0.3, -0.25) is 0 Å². The molecule has 2 aromatic rings. The van der Waals surface area contributed by atoms with Crippen LogP contribution in [0.5, 0.6) is 0 Å². The van der Waals surface area contributed by atoms with Crippen LogP contribution >= 0.6 is 0 Å². The van der Waals surface area contributed by atoms with Crippen molar-refractivity contribution in [3.05, 3.63) is 54.6 Å². The molecule has 1 aliphatic rings. The Morgan fingerprint density at radius 3 is 2.21 bits per heavy atom. The smallest absolute Gasteiger partial charge is 0.0996 e. The monoisotopic (exact) mass is 255 g/mol. The van der Waals surface area contributed by atoms with Crippen LogP contribution in [-0.2, 0) is 4.74 Å². The summed E-state index contributed by atoms with van der Waals surface area (Å²) in [5, 5.41) is 13.0. The molecule has 3 nitrogen and oxygen atoms in total. The van der Waals surface area contributed by atoms with Crippen LogP contribution in [0.25, 0.3) is 11.1 Å². The van der Waals surface area contributed by atoms with E-state index < -0.39 is 6.10 Å². The van der Waals surface area contributed by atoms with Gasteiger partial charge in [-0.25, -0.2) is 0 Å². The van der Waals surface area contributed by atoms with Crippen molar-refractivity contribution in [1.29, 1.82) is 0 Å². The van der Waals surface area contributed by atoms with E-state index in [0.717, 1.165) is 5.69 Å². The predicted octanol–water partition coefficient (Wildman–Crippen LogP) is 2.53. The first-order valence-corrected chi connectivity index (χ1v) is 6.51. The molecule has 0 amide bonds. The maximum atomic E-state index is 9.70. The molecule has 1 aliphatic heterocycles. The molecule has 3 heteroatoms. The molecule has 0 aromatic heterocycles. The predicted molar refractivity (Wildman–Crippen MR) is 76.1 cm³/mol. The van der Waals surface area contributed by atoms with E-state index in [1.54, 1.807) is 0 Å². The number of nitrogens with one attached hydrogen (secondary N) is 1. The minimum absolute atomic E-state index is 0.0115. The van der Waals surface area contributed by atoms with Crippen LogP contribution < -0.4 is 5.32 Å². The van der Waals surface area contributed by atoms with E-state index in [1.165, 1.54) is 11.1 Å². The van der Waals surface area contributed by atoms with Gasteiger partial charge >= 0.3 is 0 Å². The topological polar surface area (TPSA) is 41.5 Å². The molecule has 0 bridgehead atoms. The average Bonchev–Trinajstić information content (AvgIpc) is 2.86. The summed E-state index contributed by atoms with van der Waals surface area (Å²) in [6, 6.07) is 18.5. The minimum Gasteiger partial charge on any atom is -0.388 e. The fourth-order valence-electron chi connectivity index (χ4n) is 2.28. The van der Waals surface area contributed by atoms with Gasteiger partial charge in [-0.2, -0.15) is 0 Å². The first kappa shape index (κ1) is 12.2. The Kier molecular flexibility index (Phi) is 3.49. The van der Waals surface area contributed by atoms with Gasteiger partial charge < -0.3 is 15.2 Å². The van der Waals surface area contributed by atoms with Crippen LogP contribution in [0.2, 0.25) is 0 Å². The molecule has 0 saturated carbocycles. The molecule has 1 fully saturated rings. The molecule has 3 rings (SSSR count). The Morgan fingerprint density at radius 2 is 1.58 bits per heavy atom. The van der Waals surface area contributed by atoms with E-state index in [9.17, 15) is 5.11 Å². The van der Waals surface area contributed by atoms with Gasteiger partial charge in [-0.1, -0.05) is 42.5 Å². The molecule has 2 atom stereocenters. The Morgan fingerprint density at radius 1 is 0.895 bits per heavy atom. The lowest BCUT2D eigenvalue weighted by atomic mass is 10.1. The van der Waals surface area contributed by atoms with Crippen molar-refractivity contribution in [1.82, 2.24) is 0 Å². The molecule has 98 valence electrons. The normalized spacial score (nSPS) is 22.4. The summed E-state index contributed by atoms with van der Waals surface area (Å²) >= 11 is 0. The maximum Gasteiger partial charge on any atom is 0.0996 e. The summed E-state index contributed by atoms with van der Waals surface area (Å²) in [7, 11) is 0. The second-order valence-corrected chi connectivity index (χ2v) is 4.80. The van der Waals surface area contributed by atoms with Crippen molar-refractivity contribution >= 4 is 5.69 Å². The molecule has 19 heavy (non-hydrogen) atoms. The first-order valence-electron chi connectivity index (χ1n) is 6.51. The first-order chi connectivity index (χ1) is 9.33. The average molecular weight is 255 g/mol. The van der Waals surface area contributed by atoms with Crippen LogP contribution in [0.1, 0.15) is 0 Å². The number of hydrogen-bond acceptors (Lipinski definition) is 3. The minimum atomic E-state index is -0.422. The number of anilines is 1. The number of hydrogen-bond donors (Lipinski definition) is 2. The summed E-state index contributed by atoms with van der Waals surface area (Å²) in [5.74, 6) is 0. The standard InChI is InChI=1S/C16H17NO2/c18-16-11-19-10-15(16)17-14-8-6-13(7-9-14)12-4-2-1-3-5-12/h1-9,15-18H,10-11H2. The third-order valence-electron chi connectivity index (χ3n) is 3.39. The zero-order valence-corrected chi connectivity index (χ0v) is 10.6. The van der Waals surface area contributed by atoms with Crippen molar-refractivity contribution in [2.45, 2.75) is 12.1 Å². The molecular weight excluding hydrogens is 238 g/mol. The van der Waals surface area contributed by atoms with Crippen LogP contribution in [0.3, 0.4) is 0 Å². The lowest BCUT2D eigenvalue weighted by Gasteiger charge is -2.16. The second-order valence-electron chi connectivity index (χ2n) is 4.80. The third-order valence-corrected chi connectivity index (χ3v) is 3.39. The van der Waals surface area contributed by atoms with Crippen molar-refractivity contribution in [3.8, 4) is 11.1 Å². The van der Waals surface area contributed by atoms with Crippen LogP contribution in [0.15, 0.2) is 54.6 Å². The highest BCUT2D eigenvalue weighted by Gasteiger charge is 2.25. The van der Waals surface area contributed by atoms with Gasteiger partial charge in [0.25, 0.3) is 0 Å². The van der Waals surface area contributed by atoms with E-state index in [1.807, 2.05) is 30.3 Å². The molecule has 2 aromatic carbocycles. The lowest BCUT2D eigenvalue weighted by Crippen LogP contribution is -2.31. The van der Waals surface area contributed by atoms with Crippen molar-refractivity contribution in [2.24, 2.45) is 0 Å². The highest BCUT2D eigenvalue weighted by molar-refractivity contribution is 5.65. The highest BCUT2D eigenvalue weighted by atomic mass is 16.5. The Hall–Kier alpha value is -1.84. The SMILES string of the molecule is OC1COCC1Nc1ccc(-c2ccccc2)cc1. The summed E-state index contributed by atoms with van der Waals surface area (Å²) in [5.41, 5.74) is 3.40. The van der Waals surface area contributed by atoms with Gasteiger partial charge in [0.15, 0.2) is 0 Å². The van der Waals surface area contributed by atoms with Crippen LogP contribution in [0, 0.1) is 0 Å². The Bertz CT molecular complexity index is 524. The molecular formula is C16H17NO2. The molecule has 0 spiro atoms. The number of rotatable bonds is 3.